The molecular formula is C27H32ClNO2. The fourth-order valence-electron chi connectivity index (χ4n) is 4.92. The van der Waals surface area contributed by atoms with Crippen LogP contribution in [-0.4, -0.2) is 30.2 Å². The van der Waals surface area contributed by atoms with E-state index in [9.17, 15) is 5.11 Å². The van der Waals surface area contributed by atoms with Gasteiger partial charge in [0, 0.05) is 13.7 Å². The lowest BCUT2D eigenvalue weighted by Gasteiger charge is -2.44. The molecule has 3 nitrogen and oxygen atoms in total. The second-order valence-electron chi connectivity index (χ2n) is 8.20. The monoisotopic (exact) mass is 437 g/mol. The van der Waals surface area contributed by atoms with E-state index in [0.717, 1.165) is 38.0 Å². The Bertz CT molecular complexity index is 867. The van der Waals surface area contributed by atoms with Gasteiger partial charge < -0.3 is 9.84 Å². The van der Waals surface area contributed by atoms with E-state index in [1.807, 2.05) is 19.2 Å². The first kappa shape index (κ1) is 23.5. The van der Waals surface area contributed by atoms with Gasteiger partial charge in [-0.15, -0.1) is 12.4 Å². The van der Waals surface area contributed by atoms with Crippen LogP contribution in [0.25, 0.3) is 0 Å². The zero-order chi connectivity index (χ0) is 20.8. The molecule has 0 spiro atoms. The van der Waals surface area contributed by atoms with Crippen LogP contribution >= 0.6 is 12.4 Å². The summed E-state index contributed by atoms with van der Waals surface area (Å²) < 4.78 is 6.39. The lowest BCUT2D eigenvalue weighted by Crippen LogP contribution is -2.45. The van der Waals surface area contributed by atoms with Crippen molar-refractivity contribution in [2.75, 3.05) is 20.2 Å². The normalized spacial score (nSPS) is 15.4. The Morgan fingerprint density at radius 1 is 0.806 bits per heavy atom. The van der Waals surface area contributed by atoms with Crippen LogP contribution < -0.4 is 0 Å². The largest absolute Gasteiger partial charge is 0.392 e. The summed E-state index contributed by atoms with van der Waals surface area (Å²) in [6, 6.07) is 29.7. The van der Waals surface area contributed by atoms with Gasteiger partial charge in [-0.25, -0.2) is 0 Å². The van der Waals surface area contributed by atoms with Gasteiger partial charge in [0.1, 0.15) is 5.60 Å². The third kappa shape index (κ3) is 5.02. The standard InChI is InChI=1S/C27H31NO2.ClH/c1-30-27(24-8-4-2-5-9-24,25-10-6-3-7-11-25)26-16-18-28(19-17-26)20-22-12-14-23(21-29)15-13-22;/h2-15,26,29H,16-21H2,1H3;1H. The molecule has 1 saturated heterocycles. The van der Waals surface area contributed by atoms with Crippen LogP contribution in [0.3, 0.4) is 0 Å². The van der Waals surface area contributed by atoms with Crippen molar-refractivity contribution >= 4 is 12.4 Å². The zero-order valence-electron chi connectivity index (χ0n) is 18.1. The number of hydrogen-bond donors (Lipinski definition) is 1. The average Bonchev–Trinajstić information content (AvgIpc) is 2.83. The Hall–Kier alpha value is -2.17. The smallest absolute Gasteiger partial charge is 0.121 e. The van der Waals surface area contributed by atoms with Crippen LogP contribution in [-0.2, 0) is 23.5 Å². The Balaban J connectivity index is 0.00000272. The van der Waals surface area contributed by atoms with Gasteiger partial charge in [-0.2, -0.15) is 0 Å². The van der Waals surface area contributed by atoms with Crippen molar-refractivity contribution in [3.05, 3.63) is 107 Å². The van der Waals surface area contributed by atoms with E-state index < -0.39 is 5.60 Å². The lowest BCUT2D eigenvalue weighted by molar-refractivity contribution is -0.0514. The number of ether oxygens (including phenoxy) is 1. The molecule has 0 atom stereocenters. The molecule has 31 heavy (non-hydrogen) atoms. The van der Waals surface area contributed by atoms with Crippen LogP contribution in [0, 0.1) is 5.92 Å². The molecule has 4 heteroatoms. The quantitative estimate of drug-likeness (QED) is 0.537. The maximum absolute atomic E-state index is 9.24. The van der Waals surface area contributed by atoms with Crippen LogP contribution in [0.1, 0.15) is 35.1 Å². The number of likely N-dealkylation sites (tertiary alicyclic amines) is 1. The number of benzene rings is 3. The molecule has 0 saturated carbocycles. The lowest BCUT2D eigenvalue weighted by atomic mass is 9.71. The van der Waals surface area contributed by atoms with Gasteiger partial charge in [0.2, 0.25) is 0 Å². The first-order chi connectivity index (χ1) is 14.8. The predicted molar refractivity (Wildman–Crippen MR) is 128 cm³/mol. The summed E-state index contributed by atoms with van der Waals surface area (Å²) in [5, 5.41) is 9.24. The fraction of sp³-hybridized carbons (Fsp3) is 0.333. The molecule has 0 bridgehead atoms. The van der Waals surface area contributed by atoms with Gasteiger partial charge in [-0.3, -0.25) is 4.90 Å². The Morgan fingerprint density at radius 3 is 1.74 bits per heavy atom. The van der Waals surface area contributed by atoms with Crippen molar-refractivity contribution in [3.63, 3.8) is 0 Å². The molecule has 0 radical (unpaired) electrons. The molecule has 0 aromatic heterocycles. The number of hydrogen-bond acceptors (Lipinski definition) is 3. The zero-order valence-corrected chi connectivity index (χ0v) is 18.9. The minimum atomic E-state index is -0.419. The molecule has 1 N–H and O–H groups in total. The number of nitrogens with zero attached hydrogens (tertiary/aromatic N) is 1. The first-order valence-electron chi connectivity index (χ1n) is 10.8. The third-order valence-corrected chi connectivity index (χ3v) is 6.50. The van der Waals surface area contributed by atoms with E-state index in [0.29, 0.717) is 5.92 Å². The second kappa shape index (κ2) is 10.9. The Kier molecular flexibility index (Phi) is 8.28. The summed E-state index contributed by atoms with van der Waals surface area (Å²) >= 11 is 0. The van der Waals surface area contributed by atoms with Crippen molar-refractivity contribution in [3.8, 4) is 0 Å². The number of halogens is 1. The van der Waals surface area contributed by atoms with Gasteiger partial charge in [-0.1, -0.05) is 84.9 Å². The Labute approximate surface area is 192 Å². The summed E-state index contributed by atoms with van der Waals surface area (Å²) in [7, 11) is 1.86. The van der Waals surface area contributed by atoms with E-state index in [1.165, 1.54) is 16.7 Å². The topological polar surface area (TPSA) is 32.7 Å². The molecule has 3 aromatic rings. The first-order valence-corrected chi connectivity index (χ1v) is 10.8. The van der Waals surface area contributed by atoms with Crippen molar-refractivity contribution in [2.45, 2.75) is 31.6 Å². The van der Waals surface area contributed by atoms with Gasteiger partial charge in [-0.05, 0) is 54.1 Å². The van der Waals surface area contributed by atoms with Gasteiger partial charge in [0.05, 0.1) is 6.61 Å². The summed E-state index contributed by atoms with van der Waals surface area (Å²) in [4.78, 5) is 2.53. The van der Waals surface area contributed by atoms with Crippen molar-refractivity contribution in [1.29, 1.82) is 0 Å². The highest BCUT2D eigenvalue weighted by atomic mass is 35.5. The summed E-state index contributed by atoms with van der Waals surface area (Å²) in [6.45, 7) is 3.16. The molecule has 1 heterocycles. The van der Waals surface area contributed by atoms with Crippen LogP contribution in [0.4, 0.5) is 0 Å². The molecule has 1 aliphatic heterocycles. The van der Waals surface area contributed by atoms with Crippen LogP contribution in [0.15, 0.2) is 84.9 Å². The number of aliphatic hydroxyl groups excluding tert-OH is 1. The van der Waals surface area contributed by atoms with E-state index >= 15 is 0 Å². The molecule has 0 aliphatic carbocycles. The molecule has 164 valence electrons. The summed E-state index contributed by atoms with van der Waals surface area (Å²) in [5.41, 5.74) is 4.31. The Morgan fingerprint density at radius 2 is 1.29 bits per heavy atom. The minimum absolute atomic E-state index is 0. The molecule has 1 aliphatic rings. The van der Waals surface area contributed by atoms with E-state index in [4.69, 9.17) is 4.74 Å². The number of piperidine rings is 1. The highest BCUT2D eigenvalue weighted by molar-refractivity contribution is 5.85. The molecule has 0 amide bonds. The summed E-state index contributed by atoms with van der Waals surface area (Å²) in [6.07, 6.45) is 2.18. The molecular weight excluding hydrogens is 406 g/mol. The molecule has 3 aromatic carbocycles. The minimum Gasteiger partial charge on any atom is -0.392 e. The van der Waals surface area contributed by atoms with E-state index in [1.54, 1.807) is 0 Å². The average molecular weight is 438 g/mol. The fourth-order valence-corrected chi connectivity index (χ4v) is 4.92. The number of aliphatic hydroxyl groups is 1. The van der Waals surface area contributed by atoms with Crippen LogP contribution in [0.5, 0.6) is 0 Å². The van der Waals surface area contributed by atoms with Gasteiger partial charge in [0.15, 0.2) is 0 Å². The SMILES string of the molecule is COC(c1ccccc1)(c1ccccc1)C1CCN(Cc2ccc(CO)cc2)CC1.Cl. The van der Waals surface area contributed by atoms with Crippen LogP contribution in [0.2, 0.25) is 0 Å². The van der Waals surface area contributed by atoms with E-state index in [-0.39, 0.29) is 19.0 Å². The summed E-state index contributed by atoms with van der Waals surface area (Å²) in [5.74, 6) is 0.417. The van der Waals surface area contributed by atoms with Gasteiger partial charge >= 0.3 is 0 Å². The van der Waals surface area contributed by atoms with Gasteiger partial charge in [0.25, 0.3) is 0 Å². The number of methoxy groups -OCH3 is 1. The second-order valence-corrected chi connectivity index (χ2v) is 8.20. The van der Waals surface area contributed by atoms with Crippen molar-refractivity contribution in [1.82, 2.24) is 4.90 Å². The molecule has 0 unspecified atom stereocenters. The third-order valence-electron chi connectivity index (χ3n) is 6.50. The maximum atomic E-state index is 9.24. The van der Waals surface area contributed by atoms with Crippen molar-refractivity contribution in [2.24, 2.45) is 5.92 Å². The molecule has 4 rings (SSSR count). The highest BCUT2D eigenvalue weighted by Gasteiger charge is 2.43. The van der Waals surface area contributed by atoms with Crippen molar-refractivity contribution < 1.29 is 9.84 Å². The highest BCUT2D eigenvalue weighted by Crippen LogP contribution is 2.44. The number of rotatable bonds is 7. The predicted octanol–water partition coefficient (Wildman–Crippen LogP) is 5.40. The molecule has 1 fully saturated rings. The maximum Gasteiger partial charge on any atom is 0.121 e. The van der Waals surface area contributed by atoms with E-state index in [2.05, 4.69) is 77.7 Å².